The fourth-order valence-corrected chi connectivity index (χ4v) is 4.98. The molecule has 1 aromatic carbocycles. The number of hydrogen-bond donors (Lipinski definition) is 3. The lowest BCUT2D eigenvalue weighted by atomic mass is 9.71. The zero-order valence-corrected chi connectivity index (χ0v) is 18.2. The van der Waals surface area contributed by atoms with Crippen molar-refractivity contribution in [2.75, 3.05) is 30.8 Å². The number of nitrogens with zero attached hydrogens (tertiary/aromatic N) is 3. The van der Waals surface area contributed by atoms with Crippen LogP contribution >= 0.6 is 0 Å². The molecule has 1 aromatic heterocycles. The first-order valence-corrected chi connectivity index (χ1v) is 10.8. The fourth-order valence-electron chi connectivity index (χ4n) is 4.98. The molecule has 0 bridgehead atoms. The van der Waals surface area contributed by atoms with E-state index >= 15 is 0 Å². The molecule has 1 saturated carbocycles. The van der Waals surface area contributed by atoms with Gasteiger partial charge in [0.2, 0.25) is 0 Å². The van der Waals surface area contributed by atoms with Crippen molar-refractivity contribution in [2.45, 2.75) is 63.5 Å². The van der Waals surface area contributed by atoms with Gasteiger partial charge in [-0.25, -0.2) is 9.97 Å². The number of rotatable bonds is 5. The molecule has 7 nitrogen and oxygen atoms in total. The molecule has 0 aliphatic heterocycles. The lowest BCUT2D eigenvalue weighted by molar-refractivity contribution is 0.147. The number of hydrogen-bond acceptors (Lipinski definition) is 7. The van der Waals surface area contributed by atoms with E-state index in [1.807, 2.05) is 13.1 Å². The van der Waals surface area contributed by atoms with Crippen molar-refractivity contribution in [2.24, 2.45) is 5.73 Å². The Morgan fingerprint density at radius 3 is 2.63 bits per heavy atom. The number of benzene rings is 1. The third-order valence-corrected chi connectivity index (χ3v) is 6.50. The predicted molar refractivity (Wildman–Crippen MR) is 120 cm³/mol. The molecule has 0 saturated heterocycles. The van der Waals surface area contributed by atoms with Crippen LogP contribution in [-0.2, 0) is 11.8 Å². The Morgan fingerprint density at radius 2 is 1.93 bits per heavy atom. The van der Waals surface area contributed by atoms with Crippen molar-refractivity contribution in [1.82, 2.24) is 9.97 Å². The van der Waals surface area contributed by atoms with Gasteiger partial charge in [-0.05, 0) is 55.2 Å². The third-order valence-electron chi connectivity index (χ3n) is 6.50. The van der Waals surface area contributed by atoms with E-state index in [1.54, 1.807) is 0 Å². The van der Waals surface area contributed by atoms with Gasteiger partial charge in [-0.1, -0.05) is 13.8 Å². The summed E-state index contributed by atoms with van der Waals surface area (Å²) in [5.41, 5.74) is 17.3. The lowest BCUT2D eigenvalue weighted by Gasteiger charge is -2.37. The van der Waals surface area contributed by atoms with Crippen molar-refractivity contribution >= 4 is 11.5 Å². The van der Waals surface area contributed by atoms with E-state index in [4.69, 9.17) is 16.2 Å². The van der Waals surface area contributed by atoms with E-state index < -0.39 is 0 Å². The first-order valence-electron chi connectivity index (χ1n) is 10.8. The van der Waals surface area contributed by atoms with Crippen LogP contribution in [0.3, 0.4) is 0 Å². The summed E-state index contributed by atoms with van der Waals surface area (Å²) in [4.78, 5) is 10.9. The van der Waals surface area contributed by atoms with Crippen molar-refractivity contribution < 1.29 is 9.84 Å². The number of aliphatic hydroxyl groups excluding tert-OH is 1. The zero-order chi connectivity index (χ0) is 21.5. The Bertz CT molecular complexity index is 922. The lowest BCUT2D eigenvalue weighted by Crippen LogP contribution is -2.33. The normalized spacial score (nSPS) is 22.2. The van der Waals surface area contributed by atoms with Crippen molar-refractivity contribution in [1.29, 1.82) is 0 Å². The van der Waals surface area contributed by atoms with Gasteiger partial charge in [-0.3, -0.25) is 0 Å². The molecule has 2 aromatic rings. The van der Waals surface area contributed by atoms with Gasteiger partial charge in [0.25, 0.3) is 0 Å². The Morgan fingerprint density at radius 1 is 1.20 bits per heavy atom. The summed E-state index contributed by atoms with van der Waals surface area (Å²) in [5.74, 6) is 1.41. The fraction of sp³-hybridized carbons (Fsp3) is 0.565. The predicted octanol–water partition coefficient (Wildman–Crippen LogP) is 2.64. The first kappa shape index (κ1) is 20.9. The monoisotopic (exact) mass is 411 g/mol. The summed E-state index contributed by atoms with van der Waals surface area (Å²) in [7, 11) is 2.01. The van der Waals surface area contributed by atoms with Crippen LogP contribution in [0, 0.1) is 0 Å². The van der Waals surface area contributed by atoms with Gasteiger partial charge >= 0.3 is 0 Å². The molecule has 0 atom stereocenters. The molecule has 5 N–H and O–H groups in total. The second kappa shape index (κ2) is 8.04. The first-order chi connectivity index (χ1) is 14.3. The molecule has 1 fully saturated rings. The Labute approximate surface area is 178 Å². The van der Waals surface area contributed by atoms with Crippen LogP contribution in [0.4, 0.5) is 11.5 Å². The minimum Gasteiger partial charge on any atom is -0.488 e. The van der Waals surface area contributed by atoms with E-state index in [2.05, 4.69) is 34.8 Å². The SMILES string of the molecule is CN(CCO)c1c(OC2CCC(N)CC2)ccc2c1CC(C)(C)c1c(N)ncnc1-2. The average molecular weight is 412 g/mol. The number of fused-ring (bicyclic) bond motifs is 3. The summed E-state index contributed by atoms with van der Waals surface area (Å²) in [6.45, 7) is 4.97. The van der Waals surface area contributed by atoms with E-state index in [0.29, 0.717) is 12.4 Å². The summed E-state index contributed by atoms with van der Waals surface area (Å²) >= 11 is 0. The maximum atomic E-state index is 9.61. The molecule has 0 unspecified atom stereocenters. The number of aliphatic hydroxyl groups is 1. The van der Waals surface area contributed by atoms with Crippen LogP contribution in [0.5, 0.6) is 5.75 Å². The number of ether oxygens (including phenoxy) is 1. The summed E-state index contributed by atoms with van der Waals surface area (Å²) in [5, 5.41) is 9.61. The highest BCUT2D eigenvalue weighted by molar-refractivity contribution is 5.83. The van der Waals surface area contributed by atoms with Gasteiger partial charge in [0, 0.05) is 30.8 Å². The Kier molecular flexibility index (Phi) is 5.59. The van der Waals surface area contributed by atoms with E-state index in [9.17, 15) is 5.11 Å². The van der Waals surface area contributed by atoms with Crippen molar-refractivity contribution in [3.05, 3.63) is 29.6 Å². The smallest absolute Gasteiger partial charge is 0.143 e. The molecule has 30 heavy (non-hydrogen) atoms. The number of nitrogens with two attached hydrogens (primary N) is 2. The molecule has 0 spiro atoms. The van der Waals surface area contributed by atoms with E-state index in [-0.39, 0.29) is 24.2 Å². The largest absolute Gasteiger partial charge is 0.488 e. The summed E-state index contributed by atoms with van der Waals surface area (Å²) in [6.07, 6.45) is 6.43. The van der Waals surface area contributed by atoms with Gasteiger partial charge in [-0.15, -0.1) is 0 Å². The summed E-state index contributed by atoms with van der Waals surface area (Å²) in [6, 6.07) is 4.42. The number of aromatic nitrogens is 2. The molecule has 0 amide bonds. The van der Waals surface area contributed by atoms with Gasteiger partial charge in [0.15, 0.2) is 0 Å². The van der Waals surface area contributed by atoms with Gasteiger partial charge in [0.05, 0.1) is 24.1 Å². The van der Waals surface area contributed by atoms with Crippen LogP contribution in [-0.4, -0.2) is 47.4 Å². The molecule has 0 radical (unpaired) electrons. The second-order valence-corrected chi connectivity index (χ2v) is 9.28. The van der Waals surface area contributed by atoms with Crippen LogP contribution < -0.4 is 21.1 Å². The van der Waals surface area contributed by atoms with Crippen LogP contribution in [0.15, 0.2) is 18.5 Å². The minimum atomic E-state index is -0.210. The van der Waals surface area contributed by atoms with Crippen LogP contribution in [0.25, 0.3) is 11.3 Å². The topological polar surface area (TPSA) is 111 Å². The molecule has 4 rings (SSSR count). The van der Waals surface area contributed by atoms with Crippen LogP contribution in [0.1, 0.15) is 50.7 Å². The molecular weight excluding hydrogens is 378 g/mol. The maximum absolute atomic E-state index is 9.61. The van der Waals surface area contributed by atoms with Crippen LogP contribution in [0.2, 0.25) is 0 Å². The average Bonchev–Trinajstić information content (AvgIpc) is 2.69. The highest BCUT2D eigenvalue weighted by atomic mass is 16.5. The quantitative estimate of drug-likeness (QED) is 0.693. The molecule has 7 heteroatoms. The Hall–Kier alpha value is -2.38. The van der Waals surface area contributed by atoms with Gasteiger partial charge in [0.1, 0.15) is 17.9 Å². The van der Waals surface area contributed by atoms with Crippen molar-refractivity contribution in [3.8, 4) is 17.0 Å². The molecule has 2 aliphatic rings. The minimum absolute atomic E-state index is 0.0764. The van der Waals surface area contributed by atoms with Crippen molar-refractivity contribution in [3.63, 3.8) is 0 Å². The number of likely N-dealkylation sites (N-methyl/N-ethyl adjacent to an activating group) is 1. The molecular formula is C23H33N5O2. The highest BCUT2D eigenvalue weighted by Crippen LogP contribution is 2.49. The third kappa shape index (κ3) is 3.72. The standard InChI is InChI=1S/C23H33N5O2/c1-23(2)12-17-16(20-19(23)22(25)27-13-26-20)8-9-18(21(17)28(3)10-11-29)30-15-6-4-14(24)5-7-15/h8-9,13-15,29H,4-7,10-12,24H2,1-3H3,(H2,25,26,27). The molecule has 2 aliphatic carbocycles. The Balaban J connectivity index is 1.81. The van der Waals surface area contributed by atoms with Gasteiger partial charge < -0.3 is 26.2 Å². The highest BCUT2D eigenvalue weighted by Gasteiger charge is 2.37. The molecule has 1 heterocycles. The molecule has 162 valence electrons. The van der Waals surface area contributed by atoms with Gasteiger partial charge in [-0.2, -0.15) is 0 Å². The van der Waals surface area contributed by atoms with E-state index in [0.717, 1.165) is 60.4 Å². The number of anilines is 2. The van der Waals surface area contributed by atoms with E-state index in [1.165, 1.54) is 11.9 Å². The summed E-state index contributed by atoms with van der Waals surface area (Å²) < 4.78 is 6.51. The maximum Gasteiger partial charge on any atom is 0.143 e. The second-order valence-electron chi connectivity index (χ2n) is 9.28. The zero-order valence-electron chi connectivity index (χ0n) is 18.2. The number of nitrogen functional groups attached to an aromatic ring is 1.